The maximum absolute atomic E-state index is 12.8. The van der Waals surface area contributed by atoms with Gasteiger partial charge in [0, 0.05) is 24.0 Å². The van der Waals surface area contributed by atoms with Crippen molar-refractivity contribution in [2.24, 2.45) is 11.8 Å². The van der Waals surface area contributed by atoms with E-state index in [-0.39, 0.29) is 5.91 Å². The highest BCUT2D eigenvalue weighted by molar-refractivity contribution is 5.90. The number of rotatable bonds is 6. The fourth-order valence-corrected chi connectivity index (χ4v) is 3.19. The van der Waals surface area contributed by atoms with Gasteiger partial charge in [0.1, 0.15) is 5.58 Å². The van der Waals surface area contributed by atoms with Crippen molar-refractivity contribution in [1.82, 2.24) is 4.90 Å². The van der Waals surface area contributed by atoms with Gasteiger partial charge >= 0.3 is 0 Å². The summed E-state index contributed by atoms with van der Waals surface area (Å²) in [6.45, 7) is 14.4. The van der Waals surface area contributed by atoms with E-state index in [1.165, 1.54) is 11.1 Å². The number of carbonyl (C=O) groups excluding carboxylic acids is 1. The second kappa shape index (κ2) is 7.20. The average Bonchev–Trinajstić information content (AvgIpc) is 2.79. The Morgan fingerprint density at radius 2 is 1.70 bits per heavy atom. The van der Waals surface area contributed by atoms with Crippen LogP contribution in [0, 0.1) is 25.7 Å². The standard InChI is InChI=1S/C20H29NO2/c1-13(2)10-21(11-14(3)4)19(22)9-17-12-23-18-8-15(5)7-16(6)20(17)18/h7-8,12-14H,9-11H2,1-6H3. The minimum Gasteiger partial charge on any atom is -0.464 e. The van der Waals surface area contributed by atoms with E-state index in [0.717, 1.165) is 29.6 Å². The summed E-state index contributed by atoms with van der Waals surface area (Å²) in [5, 5.41) is 1.10. The Hall–Kier alpha value is -1.77. The molecule has 0 atom stereocenters. The summed E-state index contributed by atoms with van der Waals surface area (Å²) in [5.74, 6) is 1.14. The first kappa shape index (κ1) is 17.6. The Labute approximate surface area is 139 Å². The third kappa shape index (κ3) is 4.37. The average molecular weight is 315 g/mol. The molecule has 0 saturated heterocycles. The van der Waals surface area contributed by atoms with Crippen LogP contribution in [0.5, 0.6) is 0 Å². The van der Waals surface area contributed by atoms with Gasteiger partial charge in [-0.1, -0.05) is 33.8 Å². The van der Waals surface area contributed by atoms with Gasteiger partial charge < -0.3 is 9.32 Å². The van der Waals surface area contributed by atoms with Crippen LogP contribution in [0.25, 0.3) is 11.0 Å². The number of aryl methyl sites for hydroxylation is 2. The number of fused-ring (bicyclic) bond motifs is 1. The molecule has 0 N–H and O–H groups in total. The van der Waals surface area contributed by atoms with Crippen molar-refractivity contribution in [3.63, 3.8) is 0 Å². The molecule has 126 valence electrons. The summed E-state index contributed by atoms with van der Waals surface area (Å²) in [7, 11) is 0. The maximum atomic E-state index is 12.8. The van der Waals surface area contributed by atoms with Crippen LogP contribution in [0.2, 0.25) is 0 Å². The second-order valence-corrected chi connectivity index (χ2v) is 7.48. The molecular formula is C20H29NO2. The first-order valence-corrected chi connectivity index (χ1v) is 8.53. The molecule has 0 fully saturated rings. The summed E-state index contributed by atoms with van der Waals surface area (Å²) in [4.78, 5) is 14.8. The lowest BCUT2D eigenvalue weighted by Crippen LogP contribution is -2.37. The molecule has 23 heavy (non-hydrogen) atoms. The van der Waals surface area contributed by atoms with Crippen molar-refractivity contribution >= 4 is 16.9 Å². The Balaban J connectivity index is 2.24. The van der Waals surface area contributed by atoms with Crippen molar-refractivity contribution in [2.75, 3.05) is 13.1 Å². The second-order valence-electron chi connectivity index (χ2n) is 7.48. The Bertz CT molecular complexity index is 672. The van der Waals surface area contributed by atoms with Crippen molar-refractivity contribution in [1.29, 1.82) is 0 Å². The van der Waals surface area contributed by atoms with Gasteiger partial charge in [0.25, 0.3) is 0 Å². The number of hydrogen-bond acceptors (Lipinski definition) is 2. The highest BCUT2D eigenvalue weighted by Crippen LogP contribution is 2.27. The van der Waals surface area contributed by atoms with Crippen LogP contribution in [0.3, 0.4) is 0 Å². The fraction of sp³-hybridized carbons (Fsp3) is 0.550. The van der Waals surface area contributed by atoms with E-state index in [0.29, 0.717) is 18.3 Å². The molecule has 2 aromatic rings. The zero-order valence-corrected chi connectivity index (χ0v) is 15.3. The number of benzene rings is 1. The predicted molar refractivity (Wildman–Crippen MR) is 95.6 cm³/mol. The van der Waals surface area contributed by atoms with Crippen LogP contribution in [0.15, 0.2) is 22.8 Å². The van der Waals surface area contributed by atoms with E-state index < -0.39 is 0 Å². The van der Waals surface area contributed by atoms with E-state index in [9.17, 15) is 4.79 Å². The molecule has 3 nitrogen and oxygen atoms in total. The van der Waals surface area contributed by atoms with Gasteiger partial charge in [-0.2, -0.15) is 0 Å². The number of amides is 1. The SMILES string of the molecule is Cc1cc(C)c2c(CC(=O)N(CC(C)C)CC(C)C)coc2c1. The molecule has 0 radical (unpaired) electrons. The van der Waals surface area contributed by atoms with Crippen LogP contribution in [0.4, 0.5) is 0 Å². The van der Waals surface area contributed by atoms with Gasteiger partial charge in [-0.15, -0.1) is 0 Å². The highest BCUT2D eigenvalue weighted by atomic mass is 16.3. The van der Waals surface area contributed by atoms with E-state index in [2.05, 4.69) is 47.6 Å². The lowest BCUT2D eigenvalue weighted by molar-refractivity contribution is -0.131. The van der Waals surface area contributed by atoms with Crippen molar-refractivity contribution in [2.45, 2.75) is 48.0 Å². The molecule has 0 aliphatic carbocycles. The number of hydrogen-bond donors (Lipinski definition) is 0. The molecule has 0 aliphatic heterocycles. The van der Waals surface area contributed by atoms with E-state index in [1.54, 1.807) is 6.26 Å². The topological polar surface area (TPSA) is 33.5 Å². The summed E-state index contributed by atoms with van der Waals surface area (Å²) < 4.78 is 5.68. The molecule has 0 bridgehead atoms. The lowest BCUT2D eigenvalue weighted by Gasteiger charge is -2.26. The summed E-state index contributed by atoms with van der Waals surface area (Å²) in [6, 6.07) is 4.18. The lowest BCUT2D eigenvalue weighted by atomic mass is 10.0. The van der Waals surface area contributed by atoms with Gasteiger partial charge in [-0.25, -0.2) is 0 Å². The van der Waals surface area contributed by atoms with Gasteiger partial charge in [0.05, 0.1) is 12.7 Å². The van der Waals surface area contributed by atoms with Crippen LogP contribution in [0.1, 0.15) is 44.4 Å². The molecule has 0 aliphatic rings. The molecule has 1 heterocycles. The van der Waals surface area contributed by atoms with Gasteiger partial charge in [0.2, 0.25) is 5.91 Å². The summed E-state index contributed by atoms with van der Waals surface area (Å²) in [5.41, 5.74) is 4.24. The molecule has 1 amide bonds. The van der Waals surface area contributed by atoms with Crippen molar-refractivity contribution in [3.05, 3.63) is 35.1 Å². The first-order chi connectivity index (χ1) is 10.8. The molecule has 1 aromatic carbocycles. The van der Waals surface area contributed by atoms with E-state index >= 15 is 0 Å². The maximum Gasteiger partial charge on any atom is 0.227 e. The van der Waals surface area contributed by atoms with Gasteiger partial charge in [-0.3, -0.25) is 4.79 Å². The zero-order chi connectivity index (χ0) is 17.1. The summed E-state index contributed by atoms with van der Waals surface area (Å²) in [6.07, 6.45) is 2.16. The Morgan fingerprint density at radius 1 is 1.09 bits per heavy atom. The minimum absolute atomic E-state index is 0.190. The summed E-state index contributed by atoms with van der Waals surface area (Å²) >= 11 is 0. The van der Waals surface area contributed by atoms with Crippen molar-refractivity contribution < 1.29 is 9.21 Å². The first-order valence-electron chi connectivity index (χ1n) is 8.53. The van der Waals surface area contributed by atoms with Crippen LogP contribution in [-0.2, 0) is 11.2 Å². The number of carbonyl (C=O) groups is 1. The van der Waals surface area contributed by atoms with E-state index in [1.807, 2.05) is 11.0 Å². The molecule has 0 unspecified atom stereocenters. The minimum atomic E-state index is 0.190. The normalized spacial score (nSPS) is 11.7. The number of furan rings is 1. The highest BCUT2D eigenvalue weighted by Gasteiger charge is 2.19. The third-order valence-corrected chi connectivity index (χ3v) is 3.96. The Kier molecular flexibility index (Phi) is 5.51. The molecule has 1 aromatic heterocycles. The zero-order valence-electron chi connectivity index (χ0n) is 15.3. The quantitative estimate of drug-likeness (QED) is 0.772. The van der Waals surface area contributed by atoms with Gasteiger partial charge in [-0.05, 0) is 42.9 Å². The van der Waals surface area contributed by atoms with Crippen LogP contribution in [-0.4, -0.2) is 23.9 Å². The molecule has 2 rings (SSSR count). The predicted octanol–water partition coefficient (Wildman–Crippen LogP) is 4.73. The fourth-order valence-electron chi connectivity index (χ4n) is 3.19. The van der Waals surface area contributed by atoms with Crippen LogP contribution >= 0.6 is 0 Å². The molecule has 0 spiro atoms. The van der Waals surface area contributed by atoms with E-state index in [4.69, 9.17) is 4.42 Å². The van der Waals surface area contributed by atoms with Crippen molar-refractivity contribution in [3.8, 4) is 0 Å². The number of nitrogens with zero attached hydrogens (tertiary/aromatic N) is 1. The third-order valence-electron chi connectivity index (χ3n) is 3.96. The van der Waals surface area contributed by atoms with Crippen LogP contribution < -0.4 is 0 Å². The van der Waals surface area contributed by atoms with Gasteiger partial charge in [0.15, 0.2) is 0 Å². The molecule has 0 saturated carbocycles. The monoisotopic (exact) mass is 315 g/mol. The molecule has 3 heteroatoms. The smallest absolute Gasteiger partial charge is 0.227 e. The largest absolute Gasteiger partial charge is 0.464 e. The Morgan fingerprint density at radius 3 is 2.26 bits per heavy atom. The molecular weight excluding hydrogens is 286 g/mol.